The Morgan fingerprint density at radius 1 is 1.48 bits per heavy atom. The average molecular weight is 312 g/mol. The summed E-state index contributed by atoms with van der Waals surface area (Å²) in [6.45, 7) is 5.12. The number of amides is 1. The minimum absolute atomic E-state index is 0.145. The maximum atomic E-state index is 12.3. The molecule has 0 saturated carbocycles. The average Bonchev–Trinajstić information content (AvgIpc) is 2.53. The molecule has 2 rings (SSSR count). The molecule has 0 unspecified atom stereocenters. The number of rotatable bonds is 6. The molecule has 0 bridgehead atoms. The van der Waals surface area contributed by atoms with Gasteiger partial charge in [-0.05, 0) is 31.2 Å². The van der Waals surface area contributed by atoms with Crippen molar-refractivity contribution >= 4 is 23.3 Å². The fraction of sp³-hybridized carbons (Fsp3) is 0.600. The Balaban J connectivity index is 1.93. The minimum Gasteiger partial charge on any atom is -0.381 e. The number of carbonyl (C=O) groups excluding carboxylic acids is 1. The molecule has 6 heteroatoms. The van der Waals surface area contributed by atoms with Gasteiger partial charge in [0.05, 0.1) is 10.6 Å². The van der Waals surface area contributed by atoms with Crippen molar-refractivity contribution in [1.82, 2.24) is 10.3 Å². The van der Waals surface area contributed by atoms with Gasteiger partial charge in [-0.25, -0.2) is 4.98 Å². The molecule has 116 valence electrons. The van der Waals surface area contributed by atoms with E-state index in [1.54, 1.807) is 6.07 Å². The first-order valence-corrected chi connectivity index (χ1v) is 7.84. The predicted octanol–water partition coefficient (Wildman–Crippen LogP) is 2.71. The van der Waals surface area contributed by atoms with E-state index in [-0.39, 0.29) is 5.91 Å². The number of aromatic nitrogens is 1. The molecule has 0 spiro atoms. The molecule has 0 aliphatic carbocycles. The van der Waals surface area contributed by atoms with Crippen LogP contribution in [0.5, 0.6) is 0 Å². The summed E-state index contributed by atoms with van der Waals surface area (Å²) in [5, 5.41) is 6.49. The minimum atomic E-state index is -0.145. The summed E-state index contributed by atoms with van der Waals surface area (Å²) < 4.78 is 5.31. The molecule has 1 amide bonds. The van der Waals surface area contributed by atoms with Gasteiger partial charge in [0.25, 0.3) is 5.91 Å². The lowest BCUT2D eigenvalue weighted by molar-refractivity contribution is 0.0642. The van der Waals surface area contributed by atoms with Crippen LogP contribution in [0.2, 0.25) is 5.02 Å². The normalized spacial score (nSPS) is 15.7. The molecule has 1 aromatic rings. The lowest BCUT2D eigenvalue weighted by Crippen LogP contribution is -2.32. The number of halogens is 1. The van der Waals surface area contributed by atoms with E-state index in [1.165, 1.54) is 6.20 Å². The summed E-state index contributed by atoms with van der Waals surface area (Å²) in [4.78, 5) is 16.4. The zero-order chi connectivity index (χ0) is 15.1. The monoisotopic (exact) mass is 311 g/mol. The Morgan fingerprint density at radius 2 is 2.24 bits per heavy atom. The standard InChI is InChI=1S/C15H22ClN3O2/c1-2-5-17-14-8-12(13(16)10-18-14)15(20)19-9-11-3-6-21-7-4-11/h8,10-11H,2-7,9H2,1H3,(H,17,18)(H,19,20). The van der Waals surface area contributed by atoms with E-state index < -0.39 is 0 Å². The number of carbonyl (C=O) groups is 1. The molecule has 0 radical (unpaired) electrons. The van der Waals surface area contributed by atoms with Crippen molar-refractivity contribution in [2.24, 2.45) is 5.92 Å². The number of hydrogen-bond donors (Lipinski definition) is 2. The lowest BCUT2D eigenvalue weighted by atomic mass is 10.0. The highest BCUT2D eigenvalue weighted by Gasteiger charge is 2.17. The van der Waals surface area contributed by atoms with Crippen molar-refractivity contribution in [2.75, 3.05) is 31.6 Å². The van der Waals surface area contributed by atoms with Gasteiger partial charge in [-0.1, -0.05) is 18.5 Å². The number of anilines is 1. The Bertz CT molecular complexity index is 476. The third-order valence-electron chi connectivity index (χ3n) is 3.55. The fourth-order valence-electron chi connectivity index (χ4n) is 2.25. The highest BCUT2D eigenvalue weighted by molar-refractivity contribution is 6.33. The number of pyridine rings is 1. The van der Waals surface area contributed by atoms with Crippen LogP contribution in [-0.2, 0) is 4.74 Å². The molecule has 21 heavy (non-hydrogen) atoms. The Labute approximate surface area is 130 Å². The maximum Gasteiger partial charge on any atom is 0.252 e. The topological polar surface area (TPSA) is 63.2 Å². The Kier molecular flexibility index (Phi) is 6.26. The second-order valence-corrected chi connectivity index (χ2v) is 5.65. The molecule has 5 nitrogen and oxygen atoms in total. The van der Waals surface area contributed by atoms with Gasteiger partial charge in [0.15, 0.2) is 0 Å². The van der Waals surface area contributed by atoms with Gasteiger partial charge >= 0.3 is 0 Å². The van der Waals surface area contributed by atoms with E-state index in [4.69, 9.17) is 16.3 Å². The van der Waals surface area contributed by atoms with E-state index in [0.29, 0.717) is 28.9 Å². The van der Waals surface area contributed by atoms with Crippen LogP contribution in [0, 0.1) is 5.92 Å². The Morgan fingerprint density at radius 3 is 2.95 bits per heavy atom. The zero-order valence-corrected chi connectivity index (χ0v) is 13.1. The number of ether oxygens (including phenoxy) is 1. The first-order chi connectivity index (χ1) is 10.2. The van der Waals surface area contributed by atoms with Crippen molar-refractivity contribution in [2.45, 2.75) is 26.2 Å². The van der Waals surface area contributed by atoms with Crippen molar-refractivity contribution in [3.63, 3.8) is 0 Å². The SMILES string of the molecule is CCCNc1cc(C(=O)NCC2CCOCC2)c(Cl)cn1. The zero-order valence-electron chi connectivity index (χ0n) is 12.3. The third-order valence-corrected chi connectivity index (χ3v) is 3.85. The fourth-order valence-corrected chi connectivity index (χ4v) is 2.43. The van der Waals surface area contributed by atoms with E-state index in [9.17, 15) is 4.79 Å². The van der Waals surface area contributed by atoms with Gasteiger partial charge in [-0.3, -0.25) is 4.79 Å². The smallest absolute Gasteiger partial charge is 0.252 e. The Hall–Kier alpha value is -1.33. The predicted molar refractivity (Wildman–Crippen MR) is 83.9 cm³/mol. The van der Waals surface area contributed by atoms with Gasteiger partial charge in [0.2, 0.25) is 0 Å². The summed E-state index contributed by atoms with van der Waals surface area (Å²) in [5.74, 6) is 1.02. The number of nitrogens with one attached hydrogen (secondary N) is 2. The van der Waals surface area contributed by atoms with Gasteiger partial charge in [-0.15, -0.1) is 0 Å². The van der Waals surface area contributed by atoms with E-state index in [0.717, 1.165) is 39.0 Å². The van der Waals surface area contributed by atoms with Gasteiger partial charge < -0.3 is 15.4 Å². The molecule has 0 atom stereocenters. The van der Waals surface area contributed by atoms with Crippen LogP contribution in [0.25, 0.3) is 0 Å². The summed E-state index contributed by atoms with van der Waals surface area (Å²) in [7, 11) is 0. The quantitative estimate of drug-likeness (QED) is 0.848. The van der Waals surface area contributed by atoms with Gasteiger partial charge in [0, 0.05) is 32.5 Å². The van der Waals surface area contributed by atoms with Gasteiger partial charge in [0.1, 0.15) is 5.82 Å². The molecule has 1 aromatic heterocycles. The van der Waals surface area contributed by atoms with Crippen LogP contribution in [0.1, 0.15) is 36.5 Å². The first kappa shape index (κ1) is 16.0. The van der Waals surface area contributed by atoms with Crippen molar-refractivity contribution in [1.29, 1.82) is 0 Å². The summed E-state index contributed by atoms with van der Waals surface area (Å²) >= 11 is 6.08. The molecular formula is C15H22ClN3O2. The highest BCUT2D eigenvalue weighted by atomic mass is 35.5. The number of hydrogen-bond acceptors (Lipinski definition) is 4. The molecular weight excluding hydrogens is 290 g/mol. The summed E-state index contributed by atoms with van der Waals surface area (Å²) in [6, 6.07) is 1.71. The molecule has 1 aliphatic rings. The molecule has 2 N–H and O–H groups in total. The molecule has 1 fully saturated rings. The van der Waals surface area contributed by atoms with Crippen molar-refractivity contribution in [3.05, 3.63) is 22.8 Å². The van der Waals surface area contributed by atoms with E-state index in [1.807, 2.05) is 0 Å². The van der Waals surface area contributed by atoms with Crippen molar-refractivity contribution < 1.29 is 9.53 Å². The second kappa shape index (κ2) is 8.20. The molecule has 1 aliphatic heterocycles. The largest absolute Gasteiger partial charge is 0.381 e. The van der Waals surface area contributed by atoms with Crippen molar-refractivity contribution in [3.8, 4) is 0 Å². The molecule has 1 saturated heterocycles. The third kappa shape index (κ3) is 4.86. The van der Waals surface area contributed by atoms with Crippen LogP contribution in [0.15, 0.2) is 12.3 Å². The van der Waals surface area contributed by atoms with Crippen LogP contribution in [0.4, 0.5) is 5.82 Å². The van der Waals surface area contributed by atoms with Gasteiger partial charge in [-0.2, -0.15) is 0 Å². The van der Waals surface area contributed by atoms with Crippen LogP contribution in [0.3, 0.4) is 0 Å². The lowest BCUT2D eigenvalue weighted by Gasteiger charge is -2.22. The second-order valence-electron chi connectivity index (χ2n) is 5.24. The first-order valence-electron chi connectivity index (χ1n) is 7.46. The van der Waals surface area contributed by atoms with E-state index >= 15 is 0 Å². The van der Waals surface area contributed by atoms with Crippen LogP contribution < -0.4 is 10.6 Å². The maximum absolute atomic E-state index is 12.3. The summed E-state index contributed by atoms with van der Waals surface area (Å²) in [5.41, 5.74) is 0.470. The molecule has 0 aromatic carbocycles. The molecule has 2 heterocycles. The highest BCUT2D eigenvalue weighted by Crippen LogP contribution is 2.19. The summed E-state index contributed by atoms with van der Waals surface area (Å²) in [6.07, 6.45) is 4.50. The van der Waals surface area contributed by atoms with Crippen LogP contribution in [-0.4, -0.2) is 37.2 Å². The number of nitrogens with zero attached hydrogens (tertiary/aromatic N) is 1. The van der Waals surface area contributed by atoms with Crippen LogP contribution >= 0.6 is 11.6 Å². The van der Waals surface area contributed by atoms with E-state index in [2.05, 4.69) is 22.5 Å².